The number of carboxylic acids is 2. The number of nitrogens with zero attached hydrogens (tertiary/aromatic N) is 2. The van der Waals surface area contributed by atoms with E-state index in [1.807, 2.05) is 30.3 Å². The van der Waals surface area contributed by atoms with E-state index in [1.165, 1.54) is 0 Å². The number of rotatable bonds is 8. The normalized spacial score (nSPS) is 16.7. The van der Waals surface area contributed by atoms with Crippen LogP contribution in [-0.2, 0) is 30.5 Å². The highest BCUT2D eigenvalue weighted by Gasteiger charge is 2.43. The lowest BCUT2D eigenvalue weighted by Gasteiger charge is -2.23. The molecular weight excluding hydrogens is 394 g/mol. The zero-order chi connectivity index (χ0) is 22.8. The minimum Gasteiger partial charge on any atom is -0.481 e. The number of imide groups is 1. The number of amides is 3. The van der Waals surface area contributed by atoms with Crippen LogP contribution in [0.5, 0.6) is 0 Å². The Morgan fingerprint density at radius 2 is 1.63 bits per heavy atom. The topological polar surface area (TPSA) is 144 Å². The van der Waals surface area contributed by atoms with Crippen LogP contribution in [0.2, 0.25) is 0 Å². The number of carbonyl (C=O) groups excluding carboxylic acids is 3. The van der Waals surface area contributed by atoms with E-state index in [-0.39, 0.29) is 37.0 Å². The van der Waals surface area contributed by atoms with Crippen molar-refractivity contribution in [1.29, 1.82) is 0 Å². The number of benzene rings is 1. The molecule has 0 spiro atoms. The number of carbonyl (C=O) groups is 5. The van der Waals surface area contributed by atoms with Gasteiger partial charge in [-0.3, -0.25) is 33.8 Å². The first kappa shape index (κ1) is 24.8. The molecule has 164 valence electrons. The second-order valence-electron chi connectivity index (χ2n) is 6.95. The summed E-state index contributed by atoms with van der Waals surface area (Å²) in [6, 6.07) is 8.21. The van der Waals surface area contributed by atoms with Crippen LogP contribution in [0.15, 0.2) is 30.3 Å². The molecule has 10 heteroatoms. The van der Waals surface area contributed by atoms with Crippen molar-refractivity contribution in [3.05, 3.63) is 35.9 Å². The van der Waals surface area contributed by atoms with Crippen molar-refractivity contribution >= 4 is 29.7 Å². The molecule has 2 rings (SSSR count). The number of likely N-dealkylation sites (N-methyl/N-ethyl adjacent to an activating group) is 1. The predicted octanol–water partition coefficient (Wildman–Crippen LogP) is 0.316. The zero-order valence-electron chi connectivity index (χ0n) is 17.2. The Balaban J connectivity index is 0.000000479. The molecule has 1 aliphatic heterocycles. The molecule has 1 aliphatic rings. The van der Waals surface area contributed by atoms with Gasteiger partial charge in [0.1, 0.15) is 6.04 Å². The van der Waals surface area contributed by atoms with Crippen molar-refractivity contribution in [2.75, 3.05) is 14.1 Å². The van der Waals surface area contributed by atoms with E-state index >= 15 is 0 Å². The van der Waals surface area contributed by atoms with Gasteiger partial charge in [-0.25, -0.2) is 0 Å². The first-order valence-corrected chi connectivity index (χ1v) is 9.32. The molecule has 0 radical (unpaired) electrons. The summed E-state index contributed by atoms with van der Waals surface area (Å²) in [6.45, 7) is 1.95. The highest BCUT2D eigenvalue weighted by atomic mass is 16.4. The number of hydrogen-bond acceptors (Lipinski definition) is 6. The van der Waals surface area contributed by atoms with Gasteiger partial charge in [-0.1, -0.05) is 30.3 Å². The monoisotopic (exact) mass is 421 g/mol. The van der Waals surface area contributed by atoms with Crippen molar-refractivity contribution < 1.29 is 34.2 Å². The fraction of sp³-hybridized carbons (Fsp3) is 0.450. The Morgan fingerprint density at radius 1 is 1.10 bits per heavy atom. The molecule has 30 heavy (non-hydrogen) atoms. The van der Waals surface area contributed by atoms with Crippen LogP contribution >= 0.6 is 0 Å². The summed E-state index contributed by atoms with van der Waals surface area (Å²) in [6.07, 6.45) is -0.465. The summed E-state index contributed by atoms with van der Waals surface area (Å²) in [5.74, 6) is -3.09. The molecule has 0 aromatic heterocycles. The van der Waals surface area contributed by atoms with Gasteiger partial charge in [0.25, 0.3) is 0 Å². The number of hydrogen-bond donors (Lipinski definition) is 3. The molecule has 1 heterocycles. The molecule has 10 nitrogen and oxygen atoms in total. The highest BCUT2D eigenvalue weighted by molar-refractivity contribution is 6.08. The smallest absolute Gasteiger partial charge is 0.303 e. The van der Waals surface area contributed by atoms with Crippen LogP contribution in [0, 0.1) is 0 Å². The molecule has 0 unspecified atom stereocenters. The molecule has 1 saturated heterocycles. The Kier molecular flexibility index (Phi) is 9.63. The Bertz CT molecular complexity index is 766. The molecule has 3 amide bonds. The molecule has 1 fully saturated rings. The fourth-order valence-electron chi connectivity index (χ4n) is 2.71. The van der Waals surface area contributed by atoms with E-state index in [4.69, 9.17) is 10.2 Å². The van der Waals surface area contributed by atoms with Gasteiger partial charge in [0.15, 0.2) is 0 Å². The summed E-state index contributed by atoms with van der Waals surface area (Å²) in [5.41, 5.74) is 0.966. The number of aliphatic carboxylic acids is 2. The van der Waals surface area contributed by atoms with Gasteiger partial charge in [-0.2, -0.15) is 0 Å². The summed E-state index contributed by atoms with van der Waals surface area (Å²) in [4.78, 5) is 58.5. The van der Waals surface area contributed by atoms with Crippen LogP contribution in [0.4, 0.5) is 0 Å². The summed E-state index contributed by atoms with van der Waals surface area (Å²) >= 11 is 0. The van der Waals surface area contributed by atoms with Gasteiger partial charge in [-0.15, -0.1) is 0 Å². The molecule has 0 saturated carbocycles. The molecule has 0 bridgehead atoms. The van der Waals surface area contributed by atoms with Crippen molar-refractivity contribution in [3.8, 4) is 0 Å². The van der Waals surface area contributed by atoms with Gasteiger partial charge in [0.05, 0.1) is 25.3 Å². The van der Waals surface area contributed by atoms with Crippen LogP contribution in [0.3, 0.4) is 0 Å². The fourth-order valence-corrected chi connectivity index (χ4v) is 2.71. The van der Waals surface area contributed by atoms with Gasteiger partial charge in [0.2, 0.25) is 17.7 Å². The number of likely N-dealkylation sites (tertiary alicyclic amines) is 1. The maximum absolute atomic E-state index is 12.3. The number of carboxylic acid groups (broad SMARTS) is 2. The minimum atomic E-state index is -1.08. The van der Waals surface area contributed by atoms with Crippen LogP contribution < -0.4 is 5.32 Å². The number of nitrogens with one attached hydrogen (secondary N) is 1. The second kappa shape index (κ2) is 11.7. The average molecular weight is 421 g/mol. The van der Waals surface area contributed by atoms with E-state index in [2.05, 4.69) is 5.32 Å². The lowest BCUT2D eigenvalue weighted by molar-refractivity contribution is -0.147. The molecule has 1 aromatic carbocycles. The minimum absolute atomic E-state index is 0.127. The Labute approximate surface area is 174 Å². The largest absolute Gasteiger partial charge is 0.481 e. The van der Waals surface area contributed by atoms with Gasteiger partial charge in [-0.05, 0) is 26.6 Å². The van der Waals surface area contributed by atoms with E-state index in [0.29, 0.717) is 6.54 Å². The van der Waals surface area contributed by atoms with Crippen molar-refractivity contribution in [2.45, 2.75) is 44.8 Å². The third-order valence-electron chi connectivity index (χ3n) is 4.41. The van der Waals surface area contributed by atoms with Crippen LogP contribution in [-0.4, -0.2) is 75.9 Å². The summed E-state index contributed by atoms with van der Waals surface area (Å²) in [5, 5.41) is 18.6. The Hall–Kier alpha value is -3.27. The van der Waals surface area contributed by atoms with E-state index in [9.17, 15) is 24.0 Å². The van der Waals surface area contributed by atoms with Gasteiger partial charge >= 0.3 is 11.9 Å². The van der Waals surface area contributed by atoms with Gasteiger partial charge in [0, 0.05) is 6.54 Å². The first-order chi connectivity index (χ1) is 14.0. The van der Waals surface area contributed by atoms with Crippen molar-refractivity contribution in [3.63, 3.8) is 0 Å². The van der Waals surface area contributed by atoms with Crippen LogP contribution in [0.1, 0.15) is 31.7 Å². The summed E-state index contributed by atoms with van der Waals surface area (Å²) in [7, 11) is 3.50. The lowest BCUT2D eigenvalue weighted by atomic mass is 10.2. The molecular formula is C20H27N3O7. The van der Waals surface area contributed by atoms with Crippen LogP contribution in [0.25, 0.3) is 0 Å². The Morgan fingerprint density at radius 3 is 2.07 bits per heavy atom. The third-order valence-corrected chi connectivity index (χ3v) is 4.41. The molecule has 2 atom stereocenters. The van der Waals surface area contributed by atoms with Gasteiger partial charge < -0.3 is 15.5 Å². The first-order valence-electron chi connectivity index (χ1n) is 9.32. The van der Waals surface area contributed by atoms with E-state index in [1.54, 1.807) is 25.9 Å². The van der Waals surface area contributed by atoms with E-state index in [0.717, 1.165) is 10.5 Å². The summed E-state index contributed by atoms with van der Waals surface area (Å²) < 4.78 is 0. The quantitative estimate of drug-likeness (QED) is 0.509. The maximum Gasteiger partial charge on any atom is 0.303 e. The van der Waals surface area contributed by atoms with Crippen molar-refractivity contribution in [2.24, 2.45) is 0 Å². The SMILES string of the molecule is C[C@H](C(=O)NCc1ccccc1)N1C(=O)C[C@H](N(C)C)C1=O.O=C(O)CCC(=O)O. The highest BCUT2D eigenvalue weighted by Crippen LogP contribution is 2.19. The standard InChI is InChI=1S/C16H21N3O3.C4H6O4/c1-11(15(21)17-10-12-7-5-4-6-8-12)19-14(20)9-13(16(19)22)18(2)3;5-3(6)1-2-4(7)8/h4-8,11,13H,9-10H2,1-3H3,(H,17,21);1-2H2,(H,5,6)(H,7,8)/t11-,13+;/m1./s1. The molecule has 1 aromatic rings. The zero-order valence-corrected chi connectivity index (χ0v) is 17.2. The maximum atomic E-state index is 12.3. The third kappa shape index (κ3) is 7.63. The molecule has 3 N–H and O–H groups in total. The second-order valence-corrected chi connectivity index (χ2v) is 6.95. The molecule has 0 aliphatic carbocycles. The lowest BCUT2D eigenvalue weighted by Crippen LogP contribution is -2.49. The van der Waals surface area contributed by atoms with E-state index < -0.39 is 24.0 Å². The van der Waals surface area contributed by atoms with Crippen molar-refractivity contribution in [1.82, 2.24) is 15.1 Å². The average Bonchev–Trinajstić information content (AvgIpc) is 2.99. The predicted molar refractivity (Wildman–Crippen MR) is 106 cm³/mol.